The van der Waals surface area contributed by atoms with Crippen molar-refractivity contribution in [2.45, 2.75) is 52.9 Å². The summed E-state index contributed by atoms with van der Waals surface area (Å²) in [5, 5.41) is 0. The topological polar surface area (TPSA) is 26.3 Å². The Hall–Kier alpha value is -0.573. The summed E-state index contributed by atoms with van der Waals surface area (Å²) in [5.74, 6) is 2.03. The maximum Gasteiger partial charge on any atom is 0.307 e. The Balaban J connectivity index is 2.59. The molecule has 0 aromatic rings. The molecular formula is C13H24O2Si. The highest BCUT2D eigenvalue weighted by Crippen LogP contribution is 2.50. The summed E-state index contributed by atoms with van der Waals surface area (Å²) in [4.78, 5) is 11.0. The first-order chi connectivity index (χ1) is 7.20. The van der Waals surface area contributed by atoms with E-state index in [0.717, 1.165) is 17.3 Å². The zero-order chi connectivity index (χ0) is 12.5. The molecular weight excluding hydrogens is 216 g/mol. The molecule has 16 heavy (non-hydrogen) atoms. The Bertz CT molecular complexity index is 308. The summed E-state index contributed by atoms with van der Waals surface area (Å²) >= 11 is 0. The number of hydrogen-bond acceptors (Lipinski definition) is 2. The Morgan fingerprint density at radius 2 is 1.81 bits per heavy atom. The van der Waals surface area contributed by atoms with Crippen LogP contribution < -0.4 is 0 Å². The van der Waals surface area contributed by atoms with Gasteiger partial charge in [-0.3, -0.25) is 4.79 Å². The largest absolute Gasteiger partial charge is 0.431 e. The van der Waals surface area contributed by atoms with Gasteiger partial charge in [-0.15, -0.1) is 0 Å². The van der Waals surface area contributed by atoms with Crippen LogP contribution in [0.25, 0.3) is 0 Å². The van der Waals surface area contributed by atoms with Crippen molar-refractivity contribution in [3.63, 3.8) is 0 Å². The average molecular weight is 240 g/mol. The van der Waals surface area contributed by atoms with Crippen LogP contribution >= 0.6 is 0 Å². The van der Waals surface area contributed by atoms with Crippen molar-refractivity contribution in [3.05, 3.63) is 11.3 Å². The van der Waals surface area contributed by atoms with Gasteiger partial charge in [0.1, 0.15) is 5.76 Å². The van der Waals surface area contributed by atoms with E-state index in [0.29, 0.717) is 5.92 Å². The quantitative estimate of drug-likeness (QED) is 0.424. The van der Waals surface area contributed by atoms with E-state index in [1.807, 2.05) is 13.8 Å². The second-order valence-corrected chi connectivity index (χ2v) is 11.9. The number of rotatable bonds is 4. The first-order valence-electron chi connectivity index (χ1n) is 6.06. The molecule has 0 unspecified atom stereocenters. The molecule has 3 heteroatoms. The van der Waals surface area contributed by atoms with Gasteiger partial charge in [0.25, 0.3) is 0 Å². The Kier molecular flexibility index (Phi) is 4.00. The number of allylic oxidation sites excluding steroid dienone is 2. The van der Waals surface area contributed by atoms with Crippen LogP contribution in [0, 0.1) is 11.8 Å². The first kappa shape index (κ1) is 13.5. The third kappa shape index (κ3) is 4.12. The summed E-state index contributed by atoms with van der Waals surface area (Å²) < 4.78 is 5.34. The summed E-state index contributed by atoms with van der Waals surface area (Å²) in [6, 6.07) is 1.34. The van der Waals surface area contributed by atoms with Crippen molar-refractivity contribution in [2.24, 2.45) is 11.8 Å². The number of esters is 1. The van der Waals surface area contributed by atoms with Gasteiger partial charge in [-0.25, -0.2) is 0 Å². The van der Waals surface area contributed by atoms with E-state index in [1.165, 1.54) is 19.4 Å². The Labute approximate surface area is 100 Å². The zero-order valence-electron chi connectivity index (χ0n) is 11.4. The molecule has 1 aliphatic carbocycles. The zero-order valence-corrected chi connectivity index (χ0v) is 12.4. The normalized spacial score (nSPS) is 23.9. The molecule has 1 saturated carbocycles. The first-order valence-corrected chi connectivity index (χ1v) is 9.77. The van der Waals surface area contributed by atoms with E-state index in [-0.39, 0.29) is 5.97 Å². The van der Waals surface area contributed by atoms with Crippen molar-refractivity contribution in [3.8, 4) is 0 Å². The van der Waals surface area contributed by atoms with E-state index in [9.17, 15) is 4.79 Å². The van der Waals surface area contributed by atoms with Crippen LogP contribution in [-0.4, -0.2) is 14.0 Å². The smallest absolute Gasteiger partial charge is 0.307 e. The Morgan fingerprint density at radius 1 is 1.25 bits per heavy atom. The maximum atomic E-state index is 11.0. The van der Waals surface area contributed by atoms with Gasteiger partial charge in [0.05, 0.1) is 0 Å². The predicted molar refractivity (Wildman–Crippen MR) is 69.9 cm³/mol. The van der Waals surface area contributed by atoms with E-state index < -0.39 is 8.07 Å². The molecule has 2 nitrogen and oxygen atoms in total. The summed E-state index contributed by atoms with van der Waals surface area (Å²) in [6.07, 6.45) is 1.21. The molecule has 0 aromatic carbocycles. The molecule has 0 aromatic heterocycles. The third-order valence-corrected chi connectivity index (χ3v) is 4.63. The molecule has 0 saturated heterocycles. The molecule has 0 aliphatic heterocycles. The predicted octanol–water partition coefficient (Wildman–Crippen LogP) is 3.82. The summed E-state index contributed by atoms with van der Waals surface area (Å²) in [7, 11) is -0.983. The lowest BCUT2D eigenvalue weighted by molar-refractivity contribution is -0.137. The van der Waals surface area contributed by atoms with E-state index in [1.54, 1.807) is 0 Å². The van der Waals surface area contributed by atoms with Gasteiger partial charge in [-0.2, -0.15) is 0 Å². The van der Waals surface area contributed by atoms with Gasteiger partial charge in [0.15, 0.2) is 0 Å². The molecule has 0 heterocycles. The second-order valence-electron chi connectivity index (χ2n) is 6.32. The minimum absolute atomic E-state index is 0.185. The van der Waals surface area contributed by atoms with Gasteiger partial charge >= 0.3 is 5.97 Å². The van der Waals surface area contributed by atoms with Crippen LogP contribution in [0.1, 0.15) is 27.2 Å². The van der Waals surface area contributed by atoms with Gasteiger partial charge in [-0.05, 0) is 31.8 Å². The summed E-state index contributed by atoms with van der Waals surface area (Å²) in [5.41, 5.74) is 1.15. The van der Waals surface area contributed by atoms with Crippen LogP contribution in [-0.2, 0) is 9.53 Å². The van der Waals surface area contributed by atoms with Gasteiger partial charge < -0.3 is 4.74 Å². The van der Waals surface area contributed by atoms with E-state index >= 15 is 0 Å². The monoisotopic (exact) mass is 240 g/mol. The van der Waals surface area contributed by atoms with Crippen molar-refractivity contribution in [2.75, 3.05) is 0 Å². The Morgan fingerprint density at radius 3 is 2.19 bits per heavy atom. The van der Waals surface area contributed by atoms with Crippen LogP contribution in [0.2, 0.25) is 25.7 Å². The lowest BCUT2D eigenvalue weighted by Crippen LogP contribution is -2.20. The minimum Gasteiger partial charge on any atom is -0.431 e. The van der Waals surface area contributed by atoms with Crippen molar-refractivity contribution in [1.29, 1.82) is 0 Å². The molecule has 92 valence electrons. The minimum atomic E-state index is -0.983. The number of ether oxygens (including phenoxy) is 1. The lowest BCUT2D eigenvalue weighted by atomic mass is 10.2. The highest BCUT2D eigenvalue weighted by Gasteiger charge is 2.44. The molecule has 0 spiro atoms. The fourth-order valence-electron chi connectivity index (χ4n) is 2.28. The van der Waals surface area contributed by atoms with Crippen LogP contribution in [0.4, 0.5) is 0 Å². The number of hydrogen-bond donors (Lipinski definition) is 0. The fourth-order valence-corrected chi connectivity index (χ4v) is 4.31. The van der Waals surface area contributed by atoms with Crippen molar-refractivity contribution in [1.82, 2.24) is 0 Å². The van der Waals surface area contributed by atoms with Crippen molar-refractivity contribution < 1.29 is 9.53 Å². The van der Waals surface area contributed by atoms with Crippen LogP contribution in [0.5, 0.6) is 0 Å². The molecule has 0 amide bonds. The highest BCUT2D eigenvalue weighted by atomic mass is 28.3. The number of carbonyl (C=O) groups is 1. The third-order valence-electron chi connectivity index (χ3n) is 2.88. The standard InChI is InChI=1S/C13H24O2Si/c1-9(2)13(15-10(3)14)12-7-11(12)8-16(4,5)6/h11-12H,7-8H2,1-6H3/t11-,12-/m1/s1. The molecule has 0 bridgehead atoms. The fraction of sp³-hybridized carbons (Fsp3) is 0.769. The highest BCUT2D eigenvalue weighted by molar-refractivity contribution is 6.76. The van der Waals surface area contributed by atoms with Crippen LogP contribution in [0.15, 0.2) is 11.3 Å². The van der Waals surface area contributed by atoms with E-state index in [4.69, 9.17) is 4.74 Å². The van der Waals surface area contributed by atoms with Crippen LogP contribution in [0.3, 0.4) is 0 Å². The second kappa shape index (κ2) is 4.74. The molecule has 1 aliphatic rings. The lowest BCUT2D eigenvalue weighted by Gasteiger charge is -2.16. The molecule has 2 atom stereocenters. The molecule has 0 N–H and O–H groups in total. The van der Waals surface area contributed by atoms with Gasteiger partial charge in [0.2, 0.25) is 0 Å². The van der Waals surface area contributed by atoms with E-state index in [2.05, 4.69) is 19.6 Å². The molecule has 1 fully saturated rings. The molecule has 0 radical (unpaired) electrons. The van der Waals surface area contributed by atoms with Gasteiger partial charge in [-0.1, -0.05) is 25.7 Å². The average Bonchev–Trinajstić information content (AvgIpc) is 2.75. The number of carbonyl (C=O) groups excluding carboxylic acids is 1. The maximum absolute atomic E-state index is 11.0. The summed E-state index contributed by atoms with van der Waals surface area (Å²) in [6.45, 7) is 12.7. The SMILES string of the molecule is CC(=O)OC(=C(C)C)[C@@H]1C[C@@H]1C[Si](C)(C)C. The van der Waals surface area contributed by atoms with Gasteiger partial charge in [0, 0.05) is 20.9 Å². The molecule has 1 rings (SSSR count). The van der Waals surface area contributed by atoms with Crippen molar-refractivity contribution >= 4 is 14.0 Å².